The van der Waals surface area contributed by atoms with Gasteiger partial charge in [-0.1, -0.05) is 30.3 Å². The number of carbonyl (C=O) groups excluding carboxylic acids is 2. The Morgan fingerprint density at radius 2 is 1.88 bits per heavy atom. The summed E-state index contributed by atoms with van der Waals surface area (Å²) in [5.41, 5.74) is 3.72. The minimum absolute atomic E-state index is 0. The molecule has 2 amide bonds. The van der Waals surface area contributed by atoms with Crippen LogP contribution in [-0.4, -0.2) is 58.2 Å². The summed E-state index contributed by atoms with van der Waals surface area (Å²) in [6.07, 6.45) is 1.27. The second-order valence-corrected chi connectivity index (χ2v) is 8.33. The van der Waals surface area contributed by atoms with Gasteiger partial charge in [-0.2, -0.15) is 5.10 Å². The lowest BCUT2D eigenvalue weighted by molar-refractivity contribution is 0.0722. The summed E-state index contributed by atoms with van der Waals surface area (Å²) >= 11 is 0. The molecule has 8 nitrogen and oxygen atoms in total. The molecular formula is C26H35N5O3. The third-order valence-electron chi connectivity index (χ3n) is 5.77. The Hall–Kier alpha value is -3.68. The maximum atomic E-state index is 13.3. The molecule has 0 unspecified atom stereocenters. The average molecular weight is 466 g/mol. The first-order chi connectivity index (χ1) is 16.3. The first-order valence-corrected chi connectivity index (χ1v) is 11.5. The van der Waals surface area contributed by atoms with E-state index in [0.29, 0.717) is 48.8 Å². The van der Waals surface area contributed by atoms with Gasteiger partial charge in [0, 0.05) is 44.9 Å². The number of carbonyl (C=O) groups is 2. The van der Waals surface area contributed by atoms with Gasteiger partial charge in [0.15, 0.2) is 0 Å². The Balaban J connectivity index is 0.00000432. The van der Waals surface area contributed by atoms with Crippen molar-refractivity contribution in [3.8, 4) is 5.88 Å². The maximum absolute atomic E-state index is 13.3. The summed E-state index contributed by atoms with van der Waals surface area (Å²) in [6, 6.07) is 15.1. The smallest absolute Gasteiger partial charge is 0.269 e. The van der Waals surface area contributed by atoms with Gasteiger partial charge in [-0.3, -0.25) is 14.3 Å². The van der Waals surface area contributed by atoms with Crippen LogP contribution in [0.4, 0.5) is 0 Å². The zero-order valence-corrected chi connectivity index (χ0v) is 20.5. The molecule has 34 heavy (non-hydrogen) atoms. The molecule has 1 atom stereocenters. The van der Waals surface area contributed by atoms with Crippen LogP contribution in [0, 0.1) is 13.8 Å². The summed E-state index contributed by atoms with van der Waals surface area (Å²) in [6.45, 7) is 6.71. The van der Waals surface area contributed by atoms with Crippen LogP contribution in [0.15, 0.2) is 48.5 Å². The fourth-order valence-electron chi connectivity index (χ4n) is 3.97. The standard InChI is InChI=1S/C26H33N5O3.H2/c1-6-31-23(15-19(3)29-31)25(32)27-13-12-22(16-20-10-8-7-9-11-20)30(4)26(33)21-14-18(2)28-24(17-21)34-5;/h7-11,14-15,17,22H,6,12-13,16H2,1-5H3,(H,27,32);1H/t22-;/m1./s1. The molecule has 0 aliphatic carbocycles. The number of aromatic nitrogens is 3. The van der Waals surface area contributed by atoms with Gasteiger partial charge in [0.25, 0.3) is 11.8 Å². The summed E-state index contributed by atoms with van der Waals surface area (Å²) in [4.78, 5) is 32.1. The van der Waals surface area contributed by atoms with Crippen LogP contribution in [0.1, 0.15) is 52.6 Å². The van der Waals surface area contributed by atoms with Crippen molar-refractivity contribution in [2.45, 2.75) is 46.2 Å². The van der Waals surface area contributed by atoms with E-state index in [9.17, 15) is 9.59 Å². The highest BCUT2D eigenvalue weighted by molar-refractivity contribution is 5.94. The number of pyridine rings is 1. The molecule has 1 aromatic carbocycles. The molecule has 0 fully saturated rings. The van der Waals surface area contributed by atoms with Crippen LogP contribution in [-0.2, 0) is 13.0 Å². The molecule has 8 heteroatoms. The van der Waals surface area contributed by atoms with Crippen LogP contribution in [0.5, 0.6) is 5.88 Å². The van der Waals surface area contributed by atoms with Crippen LogP contribution in [0.3, 0.4) is 0 Å². The molecule has 0 aliphatic heterocycles. The van der Waals surface area contributed by atoms with Gasteiger partial charge in [0.2, 0.25) is 5.88 Å². The number of benzene rings is 1. The monoisotopic (exact) mass is 465 g/mol. The maximum Gasteiger partial charge on any atom is 0.269 e. The van der Waals surface area contributed by atoms with E-state index in [0.717, 1.165) is 11.3 Å². The third kappa shape index (κ3) is 6.21. The van der Waals surface area contributed by atoms with Gasteiger partial charge in [0.05, 0.1) is 12.8 Å². The van der Waals surface area contributed by atoms with Crippen molar-refractivity contribution in [2.75, 3.05) is 20.7 Å². The minimum Gasteiger partial charge on any atom is -0.481 e. The number of nitrogens with one attached hydrogen (secondary N) is 1. The number of ether oxygens (including phenoxy) is 1. The first-order valence-electron chi connectivity index (χ1n) is 11.5. The van der Waals surface area contributed by atoms with E-state index >= 15 is 0 Å². The molecule has 1 N–H and O–H groups in total. The van der Waals surface area contributed by atoms with Crippen LogP contribution < -0.4 is 10.1 Å². The molecule has 0 radical (unpaired) electrons. The Kier molecular flexibility index (Phi) is 8.40. The zero-order valence-electron chi connectivity index (χ0n) is 20.5. The topological polar surface area (TPSA) is 89.4 Å². The van der Waals surface area contributed by atoms with Gasteiger partial charge in [-0.25, -0.2) is 4.98 Å². The number of nitrogens with zero attached hydrogens (tertiary/aromatic N) is 4. The van der Waals surface area contributed by atoms with Crippen molar-refractivity contribution in [3.63, 3.8) is 0 Å². The number of methoxy groups -OCH3 is 1. The van der Waals surface area contributed by atoms with Crippen molar-refractivity contribution in [3.05, 3.63) is 76.7 Å². The minimum atomic E-state index is -0.163. The lowest BCUT2D eigenvalue weighted by Gasteiger charge is -2.29. The van der Waals surface area contributed by atoms with Gasteiger partial charge in [0.1, 0.15) is 5.69 Å². The molecule has 2 aromatic heterocycles. The number of amides is 2. The van der Waals surface area contributed by atoms with Crippen molar-refractivity contribution in [1.82, 2.24) is 25.0 Å². The number of rotatable bonds is 10. The van der Waals surface area contributed by atoms with E-state index in [4.69, 9.17) is 4.74 Å². The van der Waals surface area contributed by atoms with Crippen LogP contribution >= 0.6 is 0 Å². The number of likely N-dealkylation sites (N-methyl/N-ethyl adjacent to an activating group) is 1. The molecule has 3 rings (SSSR count). The van der Waals surface area contributed by atoms with E-state index < -0.39 is 0 Å². The second kappa shape index (κ2) is 11.4. The van der Waals surface area contributed by atoms with Crippen molar-refractivity contribution in [1.29, 1.82) is 0 Å². The Bertz CT molecular complexity index is 1130. The van der Waals surface area contributed by atoms with Crippen molar-refractivity contribution < 1.29 is 15.8 Å². The van der Waals surface area contributed by atoms with Gasteiger partial charge < -0.3 is 15.0 Å². The second-order valence-electron chi connectivity index (χ2n) is 8.33. The Morgan fingerprint density at radius 1 is 1.15 bits per heavy atom. The number of hydrogen-bond acceptors (Lipinski definition) is 5. The summed E-state index contributed by atoms with van der Waals surface area (Å²) in [7, 11) is 3.34. The summed E-state index contributed by atoms with van der Waals surface area (Å²) in [5, 5.41) is 7.34. The van der Waals surface area contributed by atoms with Crippen LogP contribution in [0.25, 0.3) is 0 Å². The van der Waals surface area contributed by atoms with Gasteiger partial charge in [-0.15, -0.1) is 0 Å². The molecule has 0 saturated carbocycles. The average Bonchev–Trinajstić information content (AvgIpc) is 3.23. The highest BCUT2D eigenvalue weighted by atomic mass is 16.5. The Morgan fingerprint density at radius 3 is 2.56 bits per heavy atom. The molecule has 0 aliphatic rings. The van der Waals surface area contributed by atoms with Crippen LogP contribution in [0.2, 0.25) is 0 Å². The molecule has 0 bridgehead atoms. The van der Waals surface area contributed by atoms with E-state index in [-0.39, 0.29) is 19.3 Å². The number of hydrogen-bond donors (Lipinski definition) is 1. The molecule has 0 saturated heterocycles. The molecule has 3 aromatic rings. The van der Waals surface area contributed by atoms with E-state index in [2.05, 4.69) is 15.4 Å². The molecular weight excluding hydrogens is 430 g/mol. The highest BCUT2D eigenvalue weighted by Gasteiger charge is 2.23. The predicted molar refractivity (Wildman–Crippen MR) is 133 cm³/mol. The van der Waals surface area contributed by atoms with E-state index in [1.165, 1.54) is 7.11 Å². The van der Waals surface area contributed by atoms with Gasteiger partial charge >= 0.3 is 0 Å². The lowest BCUT2D eigenvalue weighted by Crippen LogP contribution is -2.41. The third-order valence-corrected chi connectivity index (χ3v) is 5.77. The predicted octanol–water partition coefficient (Wildman–Crippen LogP) is 3.67. The Labute approximate surface area is 202 Å². The molecule has 0 spiro atoms. The quantitative estimate of drug-likeness (QED) is 0.493. The normalized spacial score (nSPS) is 11.7. The highest BCUT2D eigenvalue weighted by Crippen LogP contribution is 2.18. The first kappa shape index (κ1) is 25.0. The zero-order chi connectivity index (χ0) is 24.7. The van der Waals surface area contributed by atoms with E-state index in [1.54, 1.807) is 34.8 Å². The van der Waals surface area contributed by atoms with E-state index in [1.807, 2.05) is 51.1 Å². The van der Waals surface area contributed by atoms with Gasteiger partial charge in [-0.05, 0) is 51.3 Å². The lowest BCUT2D eigenvalue weighted by atomic mass is 10.0. The fraction of sp³-hybridized carbons (Fsp3) is 0.385. The van der Waals surface area contributed by atoms with Crippen molar-refractivity contribution >= 4 is 11.8 Å². The summed E-state index contributed by atoms with van der Waals surface area (Å²) < 4.78 is 6.93. The molecule has 2 heterocycles. The number of aryl methyl sites for hydroxylation is 3. The SMILES string of the molecule is CCn1nc(C)cc1C(=O)NCC[C@H](Cc1ccccc1)N(C)C(=O)c1cc(C)nc(OC)c1.[HH]. The molecule has 182 valence electrons. The largest absolute Gasteiger partial charge is 0.481 e. The summed E-state index contributed by atoms with van der Waals surface area (Å²) in [5.74, 6) is 0.131. The van der Waals surface area contributed by atoms with Crippen molar-refractivity contribution in [2.24, 2.45) is 0 Å². The fourth-order valence-corrected chi connectivity index (χ4v) is 3.97.